The molecule has 220 valence electrons. The highest BCUT2D eigenvalue weighted by Crippen LogP contribution is 2.42. The lowest BCUT2D eigenvalue weighted by molar-refractivity contribution is -0.143. The molecule has 0 unspecified atom stereocenters. The summed E-state index contributed by atoms with van der Waals surface area (Å²) in [6.07, 6.45) is -1.95. The molecule has 42 heavy (non-hydrogen) atoms. The number of methoxy groups -OCH3 is 1. The van der Waals surface area contributed by atoms with E-state index in [1.54, 1.807) is 12.1 Å². The van der Waals surface area contributed by atoms with Gasteiger partial charge in [0.25, 0.3) is 5.91 Å². The van der Waals surface area contributed by atoms with Gasteiger partial charge in [-0.1, -0.05) is 62.4 Å². The molecule has 3 aromatic carbocycles. The van der Waals surface area contributed by atoms with Gasteiger partial charge < -0.3 is 24.8 Å². The first-order valence-electron chi connectivity index (χ1n) is 14.1. The minimum atomic E-state index is -1.05. The number of amides is 1. The number of esters is 1. The third-order valence-electron chi connectivity index (χ3n) is 7.15. The number of aromatic nitrogens is 1. The van der Waals surface area contributed by atoms with E-state index < -0.39 is 18.2 Å². The van der Waals surface area contributed by atoms with Crippen LogP contribution in [0, 0.1) is 5.82 Å². The third-order valence-corrected chi connectivity index (χ3v) is 7.15. The number of hydrogen-bond acceptors (Lipinski definition) is 5. The quantitative estimate of drug-likeness (QED) is 0.171. The number of hydrogen-bond donors (Lipinski definition) is 3. The Hall–Kier alpha value is -4.27. The molecule has 4 rings (SSSR count). The van der Waals surface area contributed by atoms with Gasteiger partial charge >= 0.3 is 5.97 Å². The SMILES string of the molecule is COC(=O)C[C@H](O)C[C@H](O)CCn1c(-c2ccc(F)cc2)c(-c2ccccc2)c(C(=O)Nc2ccccc2)c1C(C)C. The van der Waals surface area contributed by atoms with Gasteiger partial charge in [-0.25, -0.2) is 4.39 Å². The number of carbonyl (C=O) groups excluding carboxylic acids is 2. The Balaban J connectivity index is 1.86. The molecule has 0 aliphatic carbocycles. The van der Waals surface area contributed by atoms with Crippen molar-refractivity contribution in [1.82, 2.24) is 4.57 Å². The lowest BCUT2D eigenvalue weighted by atomic mass is 9.94. The molecule has 0 spiro atoms. The largest absolute Gasteiger partial charge is 0.469 e. The number of nitrogens with one attached hydrogen (secondary N) is 1. The molecule has 0 saturated carbocycles. The highest BCUT2D eigenvalue weighted by molar-refractivity contribution is 6.12. The number of aliphatic hydroxyl groups is 2. The van der Waals surface area contributed by atoms with Crippen LogP contribution in [0.15, 0.2) is 84.9 Å². The maximum absolute atomic E-state index is 14.1. The predicted octanol–water partition coefficient (Wildman–Crippen LogP) is 6.40. The lowest BCUT2D eigenvalue weighted by Crippen LogP contribution is -2.23. The summed E-state index contributed by atoms with van der Waals surface area (Å²) in [6, 6.07) is 25.0. The number of ether oxygens (including phenoxy) is 1. The van der Waals surface area contributed by atoms with Crippen LogP contribution in [0.25, 0.3) is 22.4 Å². The van der Waals surface area contributed by atoms with Gasteiger partial charge in [0.1, 0.15) is 5.82 Å². The van der Waals surface area contributed by atoms with Crippen molar-refractivity contribution in [2.75, 3.05) is 12.4 Å². The summed E-state index contributed by atoms with van der Waals surface area (Å²) in [5.74, 6) is -1.30. The normalized spacial score (nSPS) is 12.6. The van der Waals surface area contributed by atoms with Crippen LogP contribution in [0.2, 0.25) is 0 Å². The van der Waals surface area contributed by atoms with Gasteiger partial charge in [0, 0.05) is 23.5 Å². The lowest BCUT2D eigenvalue weighted by Gasteiger charge is -2.20. The van der Waals surface area contributed by atoms with Crippen LogP contribution >= 0.6 is 0 Å². The molecule has 1 amide bonds. The van der Waals surface area contributed by atoms with Crippen LogP contribution in [0.5, 0.6) is 0 Å². The summed E-state index contributed by atoms with van der Waals surface area (Å²) < 4.78 is 20.7. The van der Waals surface area contributed by atoms with Gasteiger partial charge in [-0.15, -0.1) is 0 Å². The zero-order valence-corrected chi connectivity index (χ0v) is 24.1. The monoisotopic (exact) mass is 572 g/mol. The fraction of sp³-hybridized carbons (Fsp3) is 0.294. The molecule has 0 bridgehead atoms. The number of rotatable bonds is 12. The molecule has 7 nitrogen and oxygen atoms in total. The Morgan fingerprint density at radius 2 is 1.50 bits per heavy atom. The molecule has 4 aromatic rings. The second kappa shape index (κ2) is 14.1. The van der Waals surface area contributed by atoms with Crippen LogP contribution in [0.3, 0.4) is 0 Å². The molecule has 0 fully saturated rings. The number of halogens is 1. The molecular weight excluding hydrogens is 535 g/mol. The first-order valence-corrected chi connectivity index (χ1v) is 14.1. The number of carbonyl (C=O) groups is 2. The van der Waals surface area contributed by atoms with Crippen molar-refractivity contribution in [2.24, 2.45) is 0 Å². The number of anilines is 1. The molecule has 0 aliphatic rings. The van der Waals surface area contributed by atoms with E-state index >= 15 is 0 Å². The van der Waals surface area contributed by atoms with Crippen molar-refractivity contribution < 1.29 is 28.9 Å². The van der Waals surface area contributed by atoms with E-state index in [0.29, 0.717) is 23.4 Å². The van der Waals surface area contributed by atoms with Gasteiger partial charge in [0.15, 0.2) is 0 Å². The molecule has 2 atom stereocenters. The number of aliphatic hydroxyl groups excluding tert-OH is 2. The highest BCUT2D eigenvalue weighted by Gasteiger charge is 2.31. The second-order valence-corrected chi connectivity index (χ2v) is 10.6. The van der Waals surface area contributed by atoms with E-state index in [1.165, 1.54) is 19.2 Å². The molecule has 1 heterocycles. The maximum atomic E-state index is 14.1. The Kier molecular flexibility index (Phi) is 10.3. The van der Waals surface area contributed by atoms with Crippen LogP contribution in [-0.2, 0) is 16.1 Å². The number of benzene rings is 3. The van der Waals surface area contributed by atoms with Crippen molar-refractivity contribution in [3.8, 4) is 22.4 Å². The highest BCUT2D eigenvalue weighted by atomic mass is 19.1. The third kappa shape index (κ3) is 7.32. The molecule has 0 radical (unpaired) electrons. The van der Waals surface area contributed by atoms with Gasteiger partial charge in [0.05, 0.1) is 37.0 Å². The fourth-order valence-corrected chi connectivity index (χ4v) is 5.28. The van der Waals surface area contributed by atoms with Crippen LogP contribution < -0.4 is 5.32 Å². The average Bonchev–Trinajstić information content (AvgIpc) is 3.33. The molecule has 1 aromatic heterocycles. The van der Waals surface area contributed by atoms with E-state index in [-0.39, 0.29) is 36.9 Å². The Morgan fingerprint density at radius 3 is 2.10 bits per heavy atom. The van der Waals surface area contributed by atoms with Crippen LogP contribution in [0.1, 0.15) is 55.1 Å². The van der Waals surface area contributed by atoms with Crippen LogP contribution in [-0.4, -0.2) is 46.0 Å². The Bertz CT molecular complexity index is 1480. The van der Waals surface area contributed by atoms with Crippen molar-refractivity contribution in [3.05, 3.63) is 102 Å². The number of nitrogens with zero attached hydrogens (tertiary/aromatic N) is 1. The number of para-hydroxylation sites is 1. The van der Waals surface area contributed by atoms with E-state index in [1.807, 2.05) is 79.1 Å². The summed E-state index contributed by atoms with van der Waals surface area (Å²) in [5, 5.41) is 24.2. The summed E-state index contributed by atoms with van der Waals surface area (Å²) in [5.41, 5.74) is 4.90. The minimum absolute atomic E-state index is 0.00778. The zero-order chi connectivity index (χ0) is 30.2. The van der Waals surface area contributed by atoms with Crippen molar-refractivity contribution in [2.45, 2.75) is 57.8 Å². The topological polar surface area (TPSA) is 101 Å². The molecular formula is C34H37FN2O5. The summed E-state index contributed by atoms with van der Waals surface area (Å²) in [4.78, 5) is 25.7. The van der Waals surface area contributed by atoms with Crippen molar-refractivity contribution in [3.63, 3.8) is 0 Å². The first-order chi connectivity index (χ1) is 20.2. The second-order valence-electron chi connectivity index (χ2n) is 10.6. The van der Waals surface area contributed by atoms with E-state index in [2.05, 4.69) is 10.1 Å². The van der Waals surface area contributed by atoms with E-state index in [4.69, 9.17) is 0 Å². The first kappa shape index (κ1) is 30.7. The molecule has 0 saturated heterocycles. The zero-order valence-electron chi connectivity index (χ0n) is 24.1. The Labute approximate surface area is 245 Å². The molecule has 8 heteroatoms. The average molecular weight is 573 g/mol. The van der Waals surface area contributed by atoms with Crippen molar-refractivity contribution >= 4 is 17.6 Å². The van der Waals surface area contributed by atoms with E-state index in [0.717, 1.165) is 22.5 Å². The smallest absolute Gasteiger partial charge is 0.308 e. The summed E-state index contributed by atoms with van der Waals surface area (Å²) in [7, 11) is 1.25. The van der Waals surface area contributed by atoms with Crippen molar-refractivity contribution in [1.29, 1.82) is 0 Å². The maximum Gasteiger partial charge on any atom is 0.308 e. The van der Waals surface area contributed by atoms with Gasteiger partial charge in [-0.3, -0.25) is 9.59 Å². The summed E-state index contributed by atoms with van der Waals surface area (Å²) in [6.45, 7) is 4.32. The Morgan fingerprint density at radius 1 is 0.881 bits per heavy atom. The van der Waals surface area contributed by atoms with E-state index in [9.17, 15) is 24.2 Å². The fourth-order valence-electron chi connectivity index (χ4n) is 5.28. The minimum Gasteiger partial charge on any atom is -0.469 e. The molecule has 0 aliphatic heterocycles. The predicted molar refractivity (Wildman–Crippen MR) is 162 cm³/mol. The van der Waals surface area contributed by atoms with Gasteiger partial charge in [-0.05, 0) is 66.3 Å². The van der Waals surface area contributed by atoms with Gasteiger partial charge in [-0.2, -0.15) is 0 Å². The van der Waals surface area contributed by atoms with Gasteiger partial charge in [0.2, 0.25) is 0 Å². The molecule has 3 N–H and O–H groups in total. The van der Waals surface area contributed by atoms with Crippen LogP contribution in [0.4, 0.5) is 10.1 Å². The standard InChI is InChI=1S/C34H37FN2O5/c1-22(2)32-31(34(41)36-26-12-8-5-9-13-26)30(23-10-6-4-7-11-23)33(24-14-16-25(35)17-15-24)37(32)19-18-27(38)20-28(39)21-29(40)42-3/h4-17,22,27-28,38-39H,18-21H2,1-3H3,(H,36,41)/t27-,28-/m1/s1. The summed E-state index contributed by atoms with van der Waals surface area (Å²) >= 11 is 0.